The third-order valence-corrected chi connectivity index (χ3v) is 5.27. The number of nitrogen functional groups attached to an aromatic ring is 1. The number of nitrogens with one attached hydrogen (secondary N) is 1. The number of rotatable bonds is 5. The molecule has 1 unspecified atom stereocenters. The first-order valence-corrected chi connectivity index (χ1v) is 8.52. The maximum absolute atomic E-state index is 5.68. The third kappa shape index (κ3) is 3.22. The summed E-state index contributed by atoms with van der Waals surface area (Å²) in [4.78, 5) is 5.31. The van der Waals surface area contributed by atoms with Gasteiger partial charge in [-0.1, -0.05) is 34.5 Å². The Morgan fingerprint density at radius 1 is 1.35 bits per heavy atom. The number of anilines is 1. The third-order valence-electron chi connectivity index (χ3n) is 3.92. The summed E-state index contributed by atoms with van der Waals surface area (Å²) < 4.78 is 1.13. The van der Waals surface area contributed by atoms with Crippen LogP contribution in [0.4, 0.5) is 5.13 Å². The van der Waals surface area contributed by atoms with Crippen LogP contribution in [0.25, 0.3) is 0 Å². The molecule has 3 N–H and O–H groups in total. The van der Waals surface area contributed by atoms with Crippen molar-refractivity contribution in [2.24, 2.45) is 5.92 Å². The molecule has 5 heteroatoms. The lowest BCUT2D eigenvalue weighted by atomic mass is 9.77. The fourth-order valence-corrected chi connectivity index (χ4v) is 3.51. The van der Waals surface area contributed by atoms with Crippen LogP contribution in [-0.4, -0.2) is 4.98 Å². The molecule has 0 spiro atoms. The van der Waals surface area contributed by atoms with E-state index in [0.717, 1.165) is 16.9 Å². The Kier molecular flexibility index (Phi) is 4.38. The van der Waals surface area contributed by atoms with Crippen molar-refractivity contribution in [3.05, 3.63) is 45.4 Å². The number of halogens is 1. The highest BCUT2D eigenvalue weighted by atomic mass is 79.9. The van der Waals surface area contributed by atoms with Crippen LogP contribution < -0.4 is 11.1 Å². The van der Waals surface area contributed by atoms with Gasteiger partial charge < -0.3 is 11.1 Å². The minimum absolute atomic E-state index is 0.431. The van der Waals surface area contributed by atoms with Gasteiger partial charge in [0.2, 0.25) is 0 Å². The van der Waals surface area contributed by atoms with Crippen LogP contribution in [0.1, 0.15) is 35.7 Å². The van der Waals surface area contributed by atoms with Gasteiger partial charge in [-0.05, 0) is 36.5 Å². The van der Waals surface area contributed by atoms with Gasteiger partial charge in [-0.15, -0.1) is 11.3 Å². The summed E-state index contributed by atoms with van der Waals surface area (Å²) in [5, 5.41) is 4.33. The first kappa shape index (κ1) is 14.0. The molecule has 0 bridgehead atoms. The number of aromatic nitrogens is 1. The van der Waals surface area contributed by atoms with E-state index in [-0.39, 0.29) is 0 Å². The Balaban J connectivity index is 1.71. The lowest BCUT2D eigenvalue weighted by Gasteiger charge is -2.34. The van der Waals surface area contributed by atoms with Gasteiger partial charge in [0, 0.05) is 28.1 Å². The molecule has 1 aromatic carbocycles. The number of benzene rings is 1. The smallest absolute Gasteiger partial charge is 0.180 e. The van der Waals surface area contributed by atoms with Crippen LogP contribution in [0.5, 0.6) is 0 Å². The quantitative estimate of drug-likeness (QED) is 0.851. The van der Waals surface area contributed by atoms with Gasteiger partial charge >= 0.3 is 0 Å². The maximum Gasteiger partial charge on any atom is 0.180 e. The summed E-state index contributed by atoms with van der Waals surface area (Å²) in [6.45, 7) is 0.839. The summed E-state index contributed by atoms with van der Waals surface area (Å²) >= 11 is 5.06. The second kappa shape index (κ2) is 6.24. The molecule has 106 valence electrons. The Labute approximate surface area is 131 Å². The van der Waals surface area contributed by atoms with Crippen LogP contribution in [0.3, 0.4) is 0 Å². The molecule has 1 aromatic heterocycles. The van der Waals surface area contributed by atoms with Gasteiger partial charge in [0.05, 0.1) is 0 Å². The summed E-state index contributed by atoms with van der Waals surface area (Å²) in [7, 11) is 0. The van der Waals surface area contributed by atoms with Crippen molar-refractivity contribution in [1.29, 1.82) is 0 Å². The molecule has 0 saturated heterocycles. The topological polar surface area (TPSA) is 50.9 Å². The summed E-state index contributed by atoms with van der Waals surface area (Å²) in [5.74, 6) is 0.751. The number of thiazole rings is 1. The van der Waals surface area contributed by atoms with Gasteiger partial charge in [-0.3, -0.25) is 0 Å². The van der Waals surface area contributed by atoms with E-state index in [0.29, 0.717) is 11.2 Å². The second-order valence-corrected chi connectivity index (χ2v) is 7.33. The summed E-state index contributed by atoms with van der Waals surface area (Å²) in [5.41, 5.74) is 7.06. The van der Waals surface area contributed by atoms with Crippen molar-refractivity contribution in [2.75, 3.05) is 5.73 Å². The van der Waals surface area contributed by atoms with E-state index in [1.54, 1.807) is 11.3 Å². The lowest BCUT2D eigenvalue weighted by Crippen LogP contribution is -2.31. The standard InChI is InChI=1S/C15H18BrN3S/c16-12-6-4-11(5-7-12)14(10-2-1-3-10)18-8-13-9-19-15(17)20-13/h4-7,9-10,14,18H,1-3,8H2,(H2,17,19). The van der Waals surface area contributed by atoms with Crippen molar-refractivity contribution in [2.45, 2.75) is 31.8 Å². The Morgan fingerprint density at radius 2 is 2.10 bits per heavy atom. The molecule has 1 saturated carbocycles. The molecule has 1 fully saturated rings. The maximum atomic E-state index is 5.68. The van der Waals surface area contributed by atoms with E-state index >= 15 is 0 Å². The summed E-state index contributed by atoms with van der Waals surface area (Å²) in [6, 6.07) is 9.09. The molecule has 1 aliphatic rings. The average molecular weight is 352 g/mol. The molecule has 20 heavy (non-hydrogen) atoms. The minimum atomic E-state index is 0.431. The fraction of sp³-hybridized carbons (Fsp3) is 0.400. The number of hydrogen-bond acceptors (Lipinski definition) is 4. The second-order valence-electron chi connectivity index (χ2n) is 5.27. The molecule has 2 aromatic rings. The molecule has 3 rings (SSSR count). The predicted octanol–water partition coefficient (Wildman–Crippen LogP) is 4.12. The molecule has 0 radical (unpaired) electrons. The van der Waals surface area contributed by atoms with Crippen LogP contribution >= 0.6 is 27.3 Å². The van der Waals surface area contributed by atoms with Crippen molar-refractivity contribution in [3.8, 4) is 0 Å². The largest absolute Gasteiger partial charge is 0.375 e. The number of nitrogens with zero attached hydrogens (tertiary/aromatic N) is 1. The number of hydrogen-bond donors (Lipinski definition) is 2. The molecule has 1 heterocycles. The van der Waals surface area contributed by atoms with Gasteiger partial charge in [0.15, 0.2) is 5.13 Å². The number of nitrogens with two attached hydrogens (primary N) is 1. The van der Waals surface area contributed by atoms with Gasteiger partial charge in [0.1, 0.15) is 0 Å². The highest BCUT2D eigenvalue weighted by Gasteiger charge is 2.28. The van der Waals surface area contributed by atoms with E-state index in [4.69, 9.17) is 5.73 Å². The van der Waals surface area contributed by atoms with Crippen molar-refractivity contribution in [1.82, 2.24) is 10.3 Å². The average Bonchev–Trinajstić information content (AvgIpc) is 2.79. The minimum Gasteiger partial charge on any atom is -0.375 e. The van der Waals surface area contributed by atoms with E-state index in [9.17, 15) is 0 Å². The Hall–Kier alpha value is -0.910. The van der Waals surface area contributed by atoms with Crippen LogP contribution in [-0.2, 0) is 6.54 Å². The van der Waals surface area contributed by atoms with Gasteiger partial charge in [0.25, 0.3) is 0 Å². The van der Waals surface area contributed by atoms with E-state index in [1.807, 2.05) is 6.20 Å². The highest BCUT2D eigenvalue weighted by molar-refractivity contribution is 9.10. The SMILES string of the molecule is Nc1ncc(CNC(c2ccc(Br)cc2)C2CCC2)s1. The Bertz CT molecular complexity index is 563. The zero-order valence-corrected chi connectivity index (χ0v) is 13.6. The van der Waals surface area contributed by atoms with Gasteiger partial charge in [-0.2, -0.15) is 0 Å². The molecule has 0 aliphatic heterocycles. The Morgan fingerprint density at radius 3 is 2.65 bits per heavy atom. The molecule has 0 amide bonds. The normalized spacial score (nSPS) is 16.9. The molecular formula is C15H18BrN3S. The van der Waals surface area contributed by atoms with Crippen molar-refractivity contribution < 1.29 is 0 Å². The molecule has 3 nitrogen and oxygen atoms in total. The fourth-order valence-electron chi connectivity index (χ4n) is 2.61. The van der Waals surface area contributed by atoms with E-state index in [1.165, 1.54) is 29.7 Å². The van der Waals surface area contributed by atoms with Crippen molar-refractivity contribution >= 4 is 32.4 Å². The first-order valence-electron chi connectivity index (χ1n) is 6.91. The van der Waals surface area contributed by atoms with Gasteiger partial charge in [-0.25, -0.2) is 4.98 Å². The van der Waals surface area contributed by atoms with Crippen LogP contribution in [0.15, 0.2) is 34.9 Å². The summed E-state index contributed by atoms with van der Waals surface area (Å²) in [6.07, 6.45) is 5.86. The highest BCUT2D eigenvalue weighted by Crippen LogP contribution is 2.38. The molecule has 1 atom stereocenters. The van der Waals surface area contributed by atoms with Crippen molar-refractivity contribution in [3.63, 3.8) is 0 Å². The first-order chi connectivity index (χ1) is 9.72. The van der Waals surface area contributed by atoms with E-state index in [2.05, 4.69) is 50.5 Å². The van der Waals surface area contributed by atoms with E-state index < -0.39 is 0 Å². The lowest BCUT2D eigenvalue weighted by molar-refractivity contribution is 0.230. The zero-order valence-electron chi connectivity index (χ0n) is 11.2. The van der Waals surface area contributed by atoms with Crippen LogP contribution in [0.2, 0.25) is 0 Å². The molecule has 1 aliphatic carbocycles. The van der Waals surface area contributed by atoms with Crippen LogP contribution in [0, 0.1) is 5.92 Å². The predicted molar refractivity (Wildman–Crippen MR) is 87.6 cm³/mol. The zero-order chi connectivity index (χ0) is 13.9. The molecular weight excluding hydrogens is 334 g/mol. The monoisotopic (exact) mass is 351 g/mol.